The lowest BCUT2D eigenvalue weighted by atomic mass is 10.0. The van der Waals surface area contributed by atoms with Crippen LogP contribution in [0, 0.1) is 0 Å². The van der Waals surface area contributed by atoms with E-state index in [2.05, 4.69) is 19.2 Å². The van der Waals surface area contributed by atoms with Crippen molar-refractivity contribution in [2.24, 2.45) is 0 Å². The summed E-state index contributed by atoms with van der Waals surface area (Å²) in [6.07, 6.45) is 0. The number of benzene rings is 2. The number of anilines is 1. The summed E-state index contributed by atoms with van der Waals surface area (Å²) in [5, 5.41) is 2.91. The second-order valence-corrected chi connectivity index (χ2v) is 9.26. The number of nitrogens with one attached hydrogen (secondary N) is 1. The molecule has 2 aromatic carbocycles. The second kappa shape index (κ2) is 8.86. The molecule has 0 radical (unpaired) electrons. The molecule has 1 amide bonds. The molecule has 2 aromatic rings. The van der Waals surface area contributed by atoms with Gasteiger partial charge in [0.1, 0.15) is 0 Å². The van der Waals surface area contributed by atoms with Crippen molar-refractivity contribution in [1.82, 2.24) is 9.21 Å². The molecule has 1 aliphatic rings. The number of hydrogen-bond acceptors (Lipinski definition) is 4. The standard InChI is InChI=1S/C21H27N3O3S/c1-17(2)18-8-10-19(11-9-18)22-21(25)16-23-12-14-24(15-13-23)28(26,27)20-6-4-3-5-7-20/h3-11,17H,12-16H2,1-2H3,(H,22,25). The van der Waals surface area contributed by atoms with Gasteiger partial charge in [0.05, 0.1) is 11.4 Å². The molecular formula is C21H27N3O3S. The highest BCUT2D eigenvalue weighted by Crippen LogP contribution is 2.18. The fourth-order valence-corrected chi connectivity index (χ4v) is 4.67. The molecule has 0 aliphatic carbocycles. The van der Waals surface area contributed by atoms with Gasteiger partial charge in [-0.15, -0.1) is 0 Å². The number of carbonyl (C=O) groups is 1. The molecule has 1 saturated heterocycles. The van der Waals surface area contributed by atoms with Crippen molar-refractivity contribution >= 4 is 21.6 Å². The van der Waals surface area contributed by atoms with E-state index in [1.807, 2.05) is 29.2 Å². The molecule has 1 aliphatic heterocycles. The third-order valence-corrected chi connectivity index (χ3v) is 6.85. The summed E-state index contributed by atoms with van der Waals surface area (Å²) in [6.45, 7) is 6.35. The lowest BCUT2D eigenvalue weighted by Gasteiger charge is -2.33. The van der Waals surface area contributed by atoms with E-state index in [1.54, 1.807) is 30.3 Å². The molecule has 0 spiro atoms. The predicted octanol–water partition coefficient (Wildman–Crippen LogP) is 2.76. The first-order valence-corrected chi connectivity index (χ1v) is 11.0. The van der Waals surface area contributed by atoms with E-state index >= 15 is 0 Å². The van der Waals surface area contributed by atoms with Crippen LogP contribution < -0.4 is 5.32 Å². The zero-order chi connectivity index (χ0) is 20.1. The van der Waals surface area contributed by atoms with Gasteiger partial charge < -0.3 is 5.32 Å². The Kier molecular flexibility index (Phi) is 6.49. The maximum Gasteiger partial charge on any atom is 0.243 e. The summed E-state index contributed by atoms with van der Waals surface area (Å²) < 4.78 is 26.8. The van der Waals surface area contributed by atoms with Gasteiger partial charge in [0.25, 0.3) is 0 Å². The van der Waals surface area contributed by atoms with E-state index in [-0.39, 0.29) is 12.5 Å². The molecule has 7 heteroatoms. The van der Waals surface area contributed by atoms with Crippen LogP contribution in [0.5, 0.6) is 0 Å². The molecule has 1 N–H and O–H groups in total. The van der Waals surface area contributed by atoms with Crippen LogP contribution in [0.15, 0.2) is 59.5 Å². The van der Waals surface area contributed by atoms with Gasteiger partial charge in [-0.2, -0.15) is 4.31 Å². The smallest absolute Gasteiger partial charge is 0.243 e. The molecule has 1 fully saturated rings. The second-order valence-electron chi connectivity index (χ2n) is 7.32. The van der Waals surface area contributed by atoms with Crippen LogP contribution in [0.3, 0.4) is 0 Å². The van der Waals surface area contributed by atoms with Crippen molar-refractivity contribution in [1.29, 1.82) is 0 Å². The van der Waals surface area contributed by atoms with Crippen molar-refractivity contribution in [2.75, 3.05) is 38.0 Å². The van der Waals surface area contributed by atoms with Crippen molar-refractivity contribution in [3.8, 4) is 0 Å². The van der Waals surface area contributed by atoms with Crippen molar-refractivity contribution < 1.29 is 13.2 Å². The Labute approximate surface area is 167 Å². The van der Waals surface area contributed by atoms with Crippen LogP contribution in [-0.4, -0.2) is 56.3 Å². The molecule has 0 aromatic heterocycles. The SMILES string of the molecule is CC(C)c1ccc(NC(=O)CN2CCN(S(=O)(=O)c3ccccc3)CC2)cc1. The zero-order valence-electron chi connectivity index (χ0n) is 16.3. The van der Waals surface area contributed by atoms with E-state index in [4.69, 9.17) is 0 Å². The molecular weight excluding hydrogens is 374 g/mol. The van der Waals surface area contributed by atoms with E-state index in [0.717, 1.165) is 5.69 Å². The Bertz CT molecular complexity index is 888. The summed E-state index contributed by atoms with van der Waals surface area (Å²) in [5.74, 6) is 0.366. The first-order valence-electron chi connectivity index (χ1n) is 9.53. The van der Waals surface area contributed by atoms with Crippen LogP contribution in [-0.2, 0) is 14.8 Å². The first-order chi connectivity index (χ1) is 13.4. The molecule has 150 valence electrons. The Morgan fingerprint density at radius 1 is 0.964 bits per heavy atom. The minimum Gasteiger partial charge on any atom is -0.325 e. The lowest BCUT2D eigenvalue weighted by Crippen LogP contribution is -2.50. The summed E-state index contributed by atoms with van der Waals surface area (Å²) in [5.41, 5.74) is 2.01. The van der Waals surface area contributed by atoms with E-state index in [0.29, 0.717) is 37.0 Å². The molecule has 0 saturated carbocycles. The topological polar surface area (TPSA) is 69.7 Å². The van der Waals surface area contributed by atoms with Crippen molar-refractivity contribution in [2.45, 2.75) is 24.7 Å². The Morgan fingerprint density at radius 3 is 2.14 bits per heavy atom. The maximum atomic E-state index is 12.7. The number of rotatable bonds is 6. The molecule has 28 heavy (non-hydrogen) atoms. The molecule has 6 nitrogen and oxygen atoms in total. The van der Waals surface area contributed by atoms with Crippen LogP contribution in [0.1, 0.15) is 25.3 Å². The molecule has 1 heterocycles. The highest BCUT2D eigenvalue weighted by atomic mass is 32.2. The van der Waals surface area contributed by atoms with Gasteiger partial charge in [-0.1, -0.05) is 44.2 Å². The Hall–Kier alpha value is -2.22. The first kappa shape index (κ1) is 20.5. The van der Waals surface area contributed by atoms with Crippen LogP contribution >= 0.6 is 0 Å². The summed E-state index contributed by atoms with van der Waals surface area (Å²) in [4.78, 5) is 14.6. The third kappa shape index (κ3) is 4.98. The monoisotopic (exact) mass is 401 g/mol. The minimum absolute atomic E-state index is 0.0864. The van der Waals surface area contributed by atoms with Gasteiger partial charge in [0, 0.05) is 31.9 Å². The number of sulfonamides is 1. The summed E-state index contributed by atoms with van der Waals surface area (Å²) in [7, 11) is -3.47. The summed E-state index contributed by atoms with van der Waals surface area (Å²) >= 11 is 0. The zero-order valence-corrected chi connectivity index (χ0v) is 17.2. The number of piperazine rings is 1. The fourth-order valence-electron chi connectivity index (χ4n) is 3.22. The number of nitrogens with zero attached hydrogens (tertiary/aromatic N) is 2. The van der Waals surface area contributed by atoms with E-state index in [9.17, 15) is 13.2 Å². The van der Waals surface area contributed by atoms with Crippen LogP contribution in [0.4, 0.5) is 5.69 Å². The molecule has 3 rings (SSSR count). The van der Waals surface area contributed by atoms with Gasteiger partial charge in [0.2, 0.25) is 15.9 Å². The largest absolute Gasteiger partial charge is 0.325 e. The fraction of sp³-hybridized carbons (Fsp3) is 0.381. The number of amides is 1. The van der Waals surface area contributed by atoms with Gasteiger partial charge in [-0.3, -0.25) is 9.69 Å². The number of carbonyl (C=O) groups excluding carboxylic acids is 1. The van der Waals surface area contributed by atoms with E-state index < -0.39 is 10.0 Å². The van der Waals surface area contributed by atoms with Gasteiger partial charge in [-0.25, -0.2) is 8.42 Å². The molecule has 0 atom stereocenters. The maximum absolute atomic E-state index is 12.7. The molecule has 0 bridgehead atoms. The van der Waals surface area contributed by atoms with E-state index in [1.165, 1.54) is 9.87 Å². The normalized spacial score (nSPS) is 16.2. The highest BCUT2D eigenvalue weighted by molar-refractivity contribution is 7.89. The van der Waals surface area contributed by atoms with Gasteiger partial charge in [0.15, 0.2) is 0 Å². The minimum atomic E-state index is -3.47. The van der Waals surface area contributed by atoms with Gasteiger partial charge in [-0.05, 0) is 35.7 Å². The lowest BCUT2D eigenvalue weighted by molar-refractivity contribution is -0.117. The average molecular weight is 402 g/mol. The van der Waals surface area contributed by atoms with Crippen molar-refractivity contribution in [3.63, 3.8) is 0 Å². The van der Waals surface area contributed by atoms with Crippen molar-refractivity contribution in [3.05, 3.63) is 60.2 Å². The van der Waals surface area contributed by atoms with Crippen LogP contribution in [0.2, 0.25) is 0 Å². The number of hydrogen-bond donors (Lipinski definition) is 1. The highest BCUT2D eigenvalue weighted by Gasteiger charge is 2.28. The third-order valence-electron chi connectivity index (χ3n) is 4.94. The average Bonchev–Trinajstić information content (AvgIpc) is 2.69. The summed E-state index contributed by atoms with van der Waals surface area (Å²) in [6, 6.07) is 16.3. The van der Waals surface area contributed by atoms with Gasteiger partial charge >= 0.3 is 0 Å². The van der Waals surface area contributed by atoms with Crippen LogP contribution in [0.25, 0.3) is 0 Å². The Balaban J connectivity index is 1.50. The Morgan fingerprint density at radius 2 is 1.57 bits per heavy atom. The quantitative estimate of drug-likeness (QED) is 0.808. The predicted molar refractivity (Wildman–Crippen MR) is 111 cm³/mol. The molecule has 0 unspecified atom stereocenters.